The van der Waals surface area contributed by atoms with E-state index in [-0.39, 0.29) is 0 Å². The molecule has 5 heteroatoms. The van der Waals surface area contributed by atoms with Crippen molar-refractivity contribution < 1.29 is 13.2 Å². The van der Waals surface area contributed by atoms with E-state index in [4.69, 9.17) is 0 Å². The predicted octanol–water partition coefficient (Wildman–Crippen LogP) is 0.138. The van der Waals surface area contributed by atoms with Crippen molar-refractivity contribution in [3.63, 3.8) is 0 Å². The third-order valence-electron chi connectivity index (χ3n) is 0.998. The minimum Gasteiger partial charge on any atom is -0.326 e. The second-order valence-electron chi connectivity index (χ2n) is 1.62. The van der Waals surface area contributed by atoms with E-state index in [0.717, 1.165) is 7.41 Å². The van der Waals surface area contributed by atoms with Crippen molar-refractivity contribution in [2.75, 3.05) is 0 Å². The molecule has 1 radical (unpaired) electrons. The van der Waals surface area contributed by atoms with Crippen LogP contribution in [0, 0.1) is 0 Å². The van der Waals surface area contributed by atoms with Crippen LogP contribution in [0.25, 0.3) is 0 Å². The fourth-order valence-electron chi connectivity index (χ4n) is 0.529. The predicted molar refractivity (Wildman–Crippen MR) is 23.6 cm³/mol. The number of halogens is 3. The average molecular weight is 122 g/mol. The summed E-state index contributed by atoms with van der Waals surface area (Å²) in [6, 6.07) is 0. The number of alkyl halides is 3. The average Bonchev–Trinajstić information content (AvgIpc) is 1.98. The fraction of sp³-hybridized carbons (Fsp3) is 1.00. The molecule has 0 spiro atoms. The third-order valence-corrected chi connectivity index (χ3v) is 0.998. The Balaban J connectivity index is 2.44. The van der Waals surface area contributed by atoms with Gasteiger partial charge in [-0.05, 0) is 0 Å². The molecule has 0 aliphatic carbocycles. The summed E-state index contributed by atoms with van der Waals surface area (Å²) in [5, 5.41) is 1.88. The molecule has 1 saturated heterocycles. The first-order chi connectivity index (χ1) is 3.72. The molecule has 0 aromatic carbocycles. The zero-order chi connectivity index (χ0) is 6.15. The van der Waals surface area contributed by atoms with Crippen molar-refractivity contribution in [3.8, 4) is 0 Å². The van der Waals surface area contributed by atoms with Crippen molar-refractivity contribution in [2.45, 2.75) is 18.5 Å². The first-order valence-electron chi connectivity index (χ1n) is 2.23. The second-order valence-corrected chi connectivity index (χ2v) is 1.62. The molecule has 0 aromatic heterocycles. The van der Waals surface area contributed by atoms with Crippen molar-refractivity contribution in [2.24, 2.45) is 0 Å². The standard InChI is InChI=1S/C3H4BF3N/c5-1-2(6)4-8-3(1)7/h1-3,8H. The van der Waals surface area contributed by atoms with Gasteiger partial charge in [-0.25, -0.2) is 8.78 Å². The lowest BCUT2D eigenvalue weighted by atomic mass is 9.90. The maximum Gasteiger partial charge on any atom is 0.255 e. The molecule has 45 valence electrons. The van der Waals surface area contributed by atoms with Crippen LogP contribution in [-0.4, -0.2) is 26.0 Å². The van der Waals surface area contributed by atoms with Crippen LogP contribution < -0.4 is 5.23 Å². The highest BCUT2D eigenvalue weighted by Gasteiger charge is 2.37. The van der Waals surface area contributed by atoms with Crippen LogP contribution in [-0.2, 0) is 0 Å². The van der Waals surface area contributed by atoms with Crippen LogP contribution in [0.15, 0.2) is 0 Å². The lowest BCUT2D eigenvalue weighted by Gasteiger charge is -2.01. The summed E-state index contributed by atoms with van der Waals surface area (Å²) < 4.78 is 35.5. The molecule has 3 atom stereocenters. The van der Waals surface area contributed by atoms with Crippen LogP contribution in [0.4, 0.5) is 13.2 Å². The van der Waals surface area contributed by atoms with Gasteiger partial charge in [-0.1, -0.05) is 0 Å². The lowest BCUT2D eigenvalue weighted by Crippen LogP contribution is -2.23. The normalized spacial score (nSPS) is 46.6. The molecule has 3 unspecified atom stereocenters. The van der Waals surface area contributed by atoms with E-state index in [1.165, 1.54) is 0 Å². The maximum absolute atomic E-state index is 11.9. The Labute approximate surface area is 45.5 Å². The Morgan fingerprint density at radius 2 is 1.88 bits per heavy atom. The Hall–Kier alpha value is -0.185. The molecule has 8 heavy (non-hydrogen) atoms. The largest absolute Gasteiger partial charge is 0.326 e. The van der Waals surface area contributed by atoms with Crippen LogP contribution in [0.2, 0.25) is 0 Å². The van der Waals surface area contributed by atoms with E-state index in [0.29, 0.717) is 0 Å². The molecular weight excluding hydrogens is 118 g/mol. The number of hydrogen-bond acceptors (Lipinski definition) is 1. The Morgan fingerprint density at radius 1 is 1.25 bits per heavy atom. The smallest absolute Gasteiger partial charge is 0.255 e. The van der Waals surface area contributed by atoms with Gasteiger partial charge in [0.15, 0.2) is 12.5 Å². The molecule has 1 nitrogen and oxygen atoms in total. The van der Waals surface area contributed by atoms with Crippen LogP contribution in [0.1, 0.15) is 0 Å². The first kappa shape index (κ1) is 5.94. The highest BCUT2D eigenvalue weighted by Crippen LogP contribution is 2.13. The van der Waals surface area contributed by atoms with Gasteiger partial charge in [-0.15, -0.1) is 0 Å². The van der Waals surface area contributed by atoms with Crippen molar-refractivity contribution in [3.05, 3.63) is 0 Å². The Kier molecular flexibility index (Phi) is 1.46. The molecule has 1 heterocycles. The van der Waals surface area contributed by atoms with Gasteiger partial charge in [-0.2, -0.15) is 0 Å². The van der Waals surface area contributed by atoms with Crippen LogP contribution >= 0.6 is 0 Å². The minimum absolute atomic E-state index is 0.773. The number of rotatable bonds is 0. The van der Waals surface area contributed by atoms with E-state index < -0.39 is 18.5 Å². The van der Waals surface area contributed by atoms with Crippen molar-refractivity contribution in [1.29, 1.82) is 0 Å². The molecule has 1 aliphatic heterocycles. The molecule has 1 aliphatic rings. The topological polar surface area (TPSA) is 12.0 Å². The highest BCUT2D eigenvalue weighted by atomic mass is 19.2. The van der Waals surface area contributed by atoms with Gasteiger partial charge in [0.1, 0.15) is 6.07 Å². The Bertz CT molecular complexity index is 80.6. The van der Waals surface area contributed by atoms with E-state index in [2.05, 4.69) is 0 Å². The number of hydrogen-bond donors (Lipinski definition) is 1. The summed E-state index contributed by atoms with van der Waals surface area (Å²) in [6.07, 6.45) is -5.66. The molecule has 0 bridgehead atoms. The summed E-state index contributed by atoms with van der Waals surface area (Å²) in [7, 11) is 0.773. The SMILES string of the molecule is FC1[B]NC(F)C1F. The van der Waals surface area contributed by atoms with Gasteiger partial charge in [0.2, 0.25) is 0 Å². The van der Waals surface area contributed by atoms with Gasteiger partial charge in [0, 0.05) is 0 Å². The quantitative estimate of drug-likeness (QED) is 0.355. The number of nitrogens with one attached hydrogen (secondary N) is 1. The van der Waals surface area contributed by atoms with E-state index in [9.17, 15) is 13.2 Å². The van der Waals surface area contributed by atoms with Crippen molar-refractivity contribution >= 4 is 7.41 Å². The monoisotopic (exact) mass is 122 g/mol. The first-order valence-corrected chi connectivity index (χ1v) is 2.23. The van der Waals surface area contributed by atoms with Gasteiger partial charge in [-0.3, -0.25) is 4.39 Å². The summed E-state index contributed by atoms with van der Waals surface area (Å²) >= 11 is 0. The van der Waals surface area contributed by atoms with E-state index in [1.807, 2.05) is 5.23 Å². The lowest BCUT2D eigenvalue weighted by molar-refractivity contribution is 0.135. The van der Waals surface area contributed by atoms with Gasteiger partial charge < -0.3 is 5.23 Å². The van der Waals surface area contributed by atoms with Crippen LogP contribution in [0.5, 0.6) is 0 Å². The maximum atomic E-state index is 11.9. The van der Waals surface area contributed by atoms with E-state index >= 15 is 0 Å². The summed E-state index contributed by atoms with van der Waals surface area (Å²) in [4.78, 5) is 0. The third kappa shape index (κ3) is 0.821. The minimum atomic E-state index is -2.02. The Morgan fingerprint density at radius 3 is 2.00 bits per heavy atom. The van der Waals surface area contributed by atoms with Gasteiger partial charge in [0.25, 0.3) is 7.41 Å². The molecule has 0 saturated carbocycles. The molecule has 1 fully saturated rings. The molecule has 1 rings (SSSR count). The molecule has 0 amide bonds. The fourth-order valence-corrected chi connectivity index (χ4v) is 0.529. The molecular formula is C3H4BF3N. The van der Waals surface area contributed by atoms with Gasteiger partial charge in [0.05, 0.1) is 0 Å². The van der Waals surface area contributed by atoms with Crippen LogP contribution in [0.3, 0.4) is 0 Å². The molecule has 1 N–H and O–H groups in total. The highest BCUT2D eigenvalue weighted by molar-refractivity contribution is 6.35. The zero-order valence-electron chi connectivity index (χ0n) is 3.94. The molecule has 0 aromatic rings. The summed E-state index contributed by atoms with van der Waals surface area (Å²) in [6.45, 7) is 0. The summed E-state index contributed by atoms with van der Waals surface area (Å²) in [5.41, 5.74) is 0. The van der Waals surface area contributed by atoms with Crippen molar-refractivity contribution in [1.82, 2.24) is 5.23 Å². The summed E-state index contributed by atoms with van der Waals surface area (Å²) in [5.74, 6) is 0. The van der Waals surface area contributed by atoms with Gasteiger partial charge >= 0.3 is 0 Å². The van der Waals surface area contributed by atoms with E-state index in [1.54, 1.807) is 0 Å². The zero-order valence-corrected chi connectivity index (χ0v) is 3.94. The second kappa shape index (κ2) is 1.97.